The van der Waals surface area contributed by atoms with Gasteiger partial charge in [0, 0.05) is 26.8 Å². The Labute approximate surface area is 177 Å². The van der Waals surface area contributed by atoms with E-state index in [0.29, 0.717) is 10.7 Å². The molecule has 28 heavy (non-hydrogen) atoms. The van der Waals surface area contributed by atoms with Crippen LogP contribution in [0.15, 0.2) is 57.8 Å². The molecule has 1 amide bonds. The molecule has 1 N–H and O–H groups in total. The van der Waals surface area contributed by atoms with Crippen molar-refractivity contribution in [1.29, 1.82) is 0 Å². The molecule has 2 aromatic carbocycles. The minimum absolute atomic E-state index is 0.00696. The van der Waals surface area contributed by atoms with Crippen molar-refractivity contribution in [3.63, 3.8) is 0 Å². The van der Waals surface area contributed by atoms with E-state index in [2.05, 4.69) is 21.2 Å². The Hall–Kier alpha value is -2.31. The molecule has 0 radical (unpaired) electrons. The van der Waals surface area contributed by atoms with E-state index >= 15 is 0 Å². The highest BCUT2D eigenvalue weighted by atomic mass is 79.9. The van der Waals surface area contributed by atoms with Crippen molar-refractivity contribution < 1.29 is 4.79 Å². The van der Waals surface area contributed by atoms with E-state index in [4.69, 9.17) is 11.6 Å². The molecule has 0 spiro atoms. The zero-order valence-electron chi connectivity index (χ0n) is 15.9. The number of aromatic nitrogens is 2. The summed E-state index contributed by atoms with van der Waals surface area (Å²) in [6.07, 6.45) is 0. The van der Waals surface area contributed by atoms with Crippen molar-refractivity contribution in [2.24, 2.45) is 0 Å². The summed E-state index contributed by atoms with van der Waals surface area (Å²) in [5, 5.41) is 3.41. The van der Waals surface area contributed by atoms with Crippen LogP contribution < -0.4 is 11.0 Å². The molecule has 5 nitrogen and oxygen atoms in total. The summed E-state index contributed by atoms with van der Waals surface area (Å²) in [5.41, 5.74) is 2.67. The molecule has 7 heteroatoms. The van der Waals surface area contributed by atoms with Crippen LogP contribution in [0, 0.1) is 6.92 Å². The summed E-state index contributed by atoms with van der Waals surface area (Å²) < 4.78 is 4.04. The highest BCUT2D eigenvalue weighted by molar-refractivity contribution is 9.10. The van der Waals surface area contributed by atoms with Gasteiger partial charge >= 0.3 is 5.69 Å². The van der Waals surface area contributed by atoms with Gasteiger partial charge in [-0.05, 0) is 57.2 Å². The van der Waals surface area contributed by atoms with Crippen LogP contribution in [-0.4, -0.2) is 21.1 Å². The summed E-state index contributed by atoms with van der Waals surface area (Å²) >= 11 is 9.59. The van der Waals surface area contributed by atoms with Gasteiger partial charge in [-0.15, -0.1) is 0 Å². The van der Waals surface area contributed by atoms with Gasteiger partial charge in [0.2, 0.25) is 5.91 Å². The van der Waals surface area contributed by atoms with Gasteiger partial charge in [-0.3, -0.25) is 13.9 Å². The standard InChI is InChI=1S/C21H21BrClN3O2/c1-13(2)24-19(27)12-25-20(15-5-4-6-17(23)11-15)14(3)26(21(25)28)18-9-7-16(22)8-10-18/h4-11,13H,12H2,1-3H3,(H,24,27). The molecule has 0 aliphatic carbocycles. The first-order valence-electron chi connectivity index (χ1n) is 8.91. The Morgan fingerprint density at radius 1 is 1.18 bits per heavy atom. The quantitative estimate of drug-likeness (QED) is 0.604. The maximum Gasteiger partial charge on any atom is 0.333 e. The molecule has 0 bridgehead atoms. The molecule has 0 saturated carbocycles. The topological polar surface area (TPSA) is 56.0 Å². The molecule has 1 heterocycles. The zero-order chi connectivity index (χ0) is 20.4. The number of nitrogens with one attached hydrogen (secondary N) is 1. The normalized spacial score (nSPS) is 11.1. The lowest BCUT2D eigenvalue weighted by molar-refractivity contribution is -0.122. The third kappa shape index (κ3) is 4.23. The number of nitrogens with zero attached hydrogens (tertiary/aromatic N) is 2. The Kier molecular flexibility index (Phi) is 6.10. The van der Waals surface area contributed by atoms with Crippen molar-refractivity contribution >= 4 is 33.4 Å². The van der Waals surface area contributed by atoms with E-state index in [1.165, 1.54) is 4.57 Å². The van der Waals surface area contributed by atoms with Crippen LogP contribution >= 0.6 is 27.5 Å². The smallest absolute Gasteiger partial charge is 0.333 e. The van der Waals surface area contributed by atoms with E-state index in [-0.39, 0.29) is 24.2 Å². The fourth-order valence-corrected chi connectivity index (χ4v) is 3.67. The van der Waals surface area contributed by atoms with Crippen LogP contribution in [0.25, 0.3) is 16.9 Å². The summed E-state index contributed by atoms with van der Waals surface area (Å²) in [5.74, 6) is -0.215. The second-order valence-corrected chi connectivity index (χ2v) is 8.20. The second-order valence-electron chi connectivity index (χ2n) is 6.85. The second kappa shape index (κ2) is 8.37. The van der Waals surface area contributed by atoms with Crippen LogP contribution in [0.1, 0.15) is 19.5 Å². The van der Waals surface area contributed by atoms with Crippen molar-refractivity contribution in [1.82, 2.24) is 14.5 Å². The Morgan fingerprint density at radius 2 is 1.86 bits per heavy atom. The van der Waals surface area contributed by atoms with Gasteiger partial charge in [0.1, 0.15) is 6.54 Å². The van der Waals surface area contributed by atoms with Gasteiger partial charge in [-0.1, -0.05) is 39.7 Å². The molecule has 146 valence electrons. The molecule has 0 atom stereocenters. The molecule has 0 aliphatic heterocycles. The number of rotatable bonds is 5. The zero-order valence-corrected chi connectivity index (χ0v) is 18.2. The van der Waals surface area contributed by atoms with Crippen molar-refractivity contribution in [3.8, 4) is 16.9 Å². The van der Waals surface area contributed by atoms with Crippen LogP contribution in [0.3, 0.4) is 0 Å². The fraction of sp³-hybridized carbons (Fsp3) is 0.238. The molecule has 0 fully saturated rings. The number of hydrogen-bond donors (Lipinski definition) is 1. The number of hydrogen-bond acceptors (Lipinski definition) is 2. The molecule has 1 aromatic heterocycles. The molecule has 3 rings (SSSR count). The number of halogens is 2. The predicted octanol–water partition coefficient (Wildman–Crippen LogP) is 4.55. The van der Waals surface area contributed by atoms with Crippen molar-refractivity contribution in [3.05, 3.63) is 74.2 Å². The maximum absolute atomic E-state index is 13.3. The molecule has 0 saturated heterocycles. The number of carbonyl (C=O) groups excluding carboxylic acids is 1. The van der Waals surface area contributed by atoms with E-state index in [9.17, 15) is 9.59 Å². The lowest BCUT2D eigenvalue weighted by atomic mass is 10.1. The number of amides is 1. The molecule has 3 aromatic rings. The van der Waals surface area contributed by atoms with Gasteiger partial charge in [-0.25, -0.2) is 4.79 Å². The first kappa shape index (κ1) is 20.4. The van der Waals surface area contributed by atoms with Crippen LogP contribution in [0.2, 0.25) is 5.02 Å². The number of carbonyl (C=O) groups is 1. The monoisotopic (exact) mass is 461 g/mol. The molecule has 0 aliphatic rings. The Balaban J connectivity index is 2.21. The van der Waals surface area contributed by atoms with Gasteiger partial charge in [0.15, 0.2) is 0 Å². The van der Waals surface area contributed by atoms with Gasteiger partial charge < -0.3 is 5.32 Å². The van der Waals surface area contributed by atoms with E-state index < -0.39 is 0 Å². The van der Waals surface area contributed by atoms with Crippen LogP contribution in [0.4, 0.5) is 0 Å². The maximum atomic E-state index is 13.3. The summed E-state index contributed by atoms with van der Waals surface area (Å²) in [6, 6.07) is 14.8. The largest absolute Gasteiger partial charge is 0.352 e. The van der Waals surface area contributed by atoms with Crippen molar-refractivity contribution in [2.45, 2.75) is 33.4 Å². The van der Waals surface area contributed by atoms with Crippen LogP contribution in [0.5, 0.6) is 0 Å². The van der Waals surface area contributed by atoms with E-state index in [1.54, 1.807) is 16.7 Å². The van der Waals surface area contributed by atoms with Gasteiger partial charge in [0.05, 0.1) is 11.4 Å². The average Bonchev–Trinajstić information content (AvgIpc) is 2.85. The van der Waals surface area contributed by atoms with Crippen LogP contribution in [-0.2, 0) is 11.3 Å². The molecule has 0 unspecified atom stereocenters. The third-order valence-electron chi connectivity index (χ3n) is 4.30. The first-order valence-corrected chi connectivity index (χ1v) is 10.1. The predicted molar refractivity (Wildman–Crippen MR) is 116 cm³/mol. The lowest BCUT2D eigenvalue weighted by Crippen LogP contribution is -2.36. The number of imidazole rings is 1. The minimum Gasteiger partial charge on any atom is -0.352 e. The molecular formula is C21H21BrClN3O2. The lowest BCUT2D eigenvalue weighted by Gasteiger charge is -2.11. The highest BCUT2D eigenvalue weighted by Crippen LogP contribution is 2.27. The van der Waals surface area contributed by atoms with Crippen molar-refractivity contribution in [2.75, 3.05) is 0 Å². The first-order chi connectivity index (χ1) is 13.3. The average molecular weight is 463 g/mol. The SMILES string of the molecule is Cc1c(-c2cccc(Cl)c2)n(CC(=O)NC(C)C)c(=O)n1-c1ccc(Br)cc1. The Morgan fingerprint density at radius 3 is 2.46 bits per heavy atom. The fourth-order valence-electron chi connectivity index (χ4n) is 3.21. The van der Waals surface area contributed by atoms with Gasteiger partial charge in [0.25, 0.3) is 0 Å². The molecular weight excluding hydrogens is 442 g/mol. The van der Waals surface area contributed by atoms with Gasteiger partial charge in [-0.2, -0.15) is 0 Å². The summed E-state index contributed by atoms with van der Waals surface area (Å²) in [6.45, 7) is 5.58. The highest BCUT2D eigenvalue weighted by Gasteiger charge is 2.21. The third-order valence-corrected chi connectivity index (χ3v) is 5.07. The number of benzene rings is 2. The van der Waals surface area contributed by atoms with E-state index in [1.807, 2.05) is 57.2 Å². The van der Waals surface area contributed by atoms with E-state index in [0.717, 1.165) is 21.4 Å². The minimum atomic E-state index is -0.270. The Bertz CT molecular complexity index is 1070. The summed E-state index contributed by atoms with van der Waals surface area (Å²) in [7, 11) is 0. The summed E-state index contributed by atoms with van der Waals surface area (Å²) in [4.78, 5) is 25.7.